The van der Waals surface area contributed by atoms with Crippen molar-refractivity contribution >= 4 is 11.9 Å². The van der Waals surface area contributed by atoms with Crippen LogP contribution in [0.1, 0.15) is 105 Å². The van der Waals surface area contributed by atoms with Crippen molar-refractivity contribution in [2.75, 3.05) is 6.61 Å². The van der Waals surface area contributed by atoms with Gasteiger partial charge in [0.25, 0.3) is 0 Å². The summed E-state index contributed by atoms with van der Waals surface area (Å²) in [4.78, 5) is 24.6. The van der Waals surface area contributed by atoms with Crippen molar-refractivity contribution in [2.24, 2.45) is 40.9 Å². The van der Waals surface area contributed by atoms with Crippen molar-refractivity contribution in [1.82, 2.24) is 0 Å². The van der Waals surface area contributed by atoms with E-state index in [1.807, 2.05) is 0 Å². The molecule has 2 saturated carbocycles. The van der Waals surface area contributed by atoms with Gasteiger partial charge in [0.2, 0.25) is 0 Å². The van der Waals surface area contributed by atoms with Gasteiger partial charge in [-0.3, -0.25) is 9.59 Å². The van der Waals surface area contributed by atoms with Crippen molar-refractivity contribution in [3.05, 3.63) is 0 Å². The molecule has 0 radical (unpaired) electrons. The standard InChI is InChI=1S/C26H46O4/c1-6-8-10-20-14-13-19(23(11-9-7-2)26(20,4)5)17-30-25(29)21-15-12-18(3)16-22(21)24(27)28/h18-23H,6-17H2,1-5H3,(H,27,28). The molecule has 0 amide bonds. The quantitative estimate of drug-likeness (QED) is 0.397. The molecule has 0 bridgehead atoms. The number of carboxylic acids is 1. The Balaban J connectivity index is 2.02. The summed E-state index contributed by atoms with van der Waals surface area (Å²) in [5, 5.41) is 9.59. The van der Waals surface area contributed by atoms with E-state index >= 15 is 0 Å². The minimum atomic E-state index is -0.845. The number of ether oxygens (including phenoxy) is 1. The van der Waals surface area contributed by atoms with Gasteiger partial charge >= 0.3 is 11.9 Å². The number of unbranched alkanes of at least 4 members (excludes halogenated alkanes) is 2. The first kappa shape index (κ1) is 25.2. The molecule has 2 rings (SSSR count). The molecule has 174 valence electrons. The Morgan fingerprint density at radius 3 is 2.27 bits per heavy atom. The van der Waals surface area contributed by atoms with Crippen molar-refractivity contribution in [1.29, 1.82) is 0 Å². The smallest absolute Gasteiger partial charge is 0.309 e. The highest BCUT2D eigenvalue weighted by Gasteiger charge is 2.45. The minimum Gasteiger partial charge on any atom is -0.481 e. The summed E-state index contributed by atoms with van der Waals surface area (Å²) in [6.07, 6.45) is 12.0. The lowest BCUT2D eigenvalue weighted by Gasteiger charge is -2.50. The van der Waals surface area contributed by atoms with Crippen LogP contribution in [0, 0.1) is 40.9 Å². The van der Waals surface area contributed by atoms with E-state index in [0.29, 0.717) is 37.2 Å². The van der Waals surface area contributed by atoms with Crippen LogP contribution in [0.15, 0.2) is 0 Å². The molecule has 2 fully saturated rings. The lowest BCUT2D eigenvalue weighted by molar-refractivity contribution is -0.163. The highest BCUT2D eigenvalue weighted by atomic mass is 16.5. The lowest BCUT2D eigenvalue weighted by Crippen LogP contribution is -2.44. The van der Waals surface area contributed by atoms with Crippen LogP contribution in [0.3, 0.4) is 0 Å². The predicted octanol–water partition coefficient (Wildman–Crippen LogP) is 6.72. The Hall–Kier alpha value is -1.06. The summed E-state index contributed by atoms with van der Waals surface area (Å²) in [5.74, 6) is -0.0756. The molecule has 6 unspecified atom stereocenters. The number of aliphatic carboxylic acids is 1. The van der Waals surface area contributed by atoms with Gasteiger partial charge in [-0.1, -0.05) is 60.3 Å². The molecule has 2 aliphatic rings. The Morgan fingerprint density at radius 1 is 0.967 bits per heavy atom. The molecule has 0 aliphatic heterocycles. The molecule has 0 aromatic rings. The number of hydrogen-bond acceptors (Lipinski definition) is 3. The fourth-order valence-corrected chi connectivity index (χ4v) is 6.33. The second-order valence-corrected chi connectivity index (χ2v) is 10.8. The van der Waals surface area contributed by atoms with Gasteiger partial charge in [-0.2, -0.15) is 0 Å². The zero-order valence-electron chi connectivity index (χ0n) is 20.1. The van der Waals surface area contributed by atoms with Crippen molar-refractivity contribution in [3.8, 4) is 0 Å². The lowest BCUT2D eigenvalue weighted by atomic mass is 9.56. The van der Waals surface area contributed by atoms with E-state index in [9.17, 15) is 14.7 Å². The molecule has 30 heavy (non-hydrogen) atoms. The molecule has 0 aromatic heterocycles. The molecule has 0 spiro atoms. The molecule has 4 nitrogen and oxygen atoms in total. The highest BCUT2D eigenvalue weighted by Crippen LogP contribution is 2.51. The third-order valence-corrected chi connectivity index (χ3v) is 8.41. The third-order valence-electron chi connectivity index (χ3n) is 8.41. The fraction of sp³-hybridized carbons (Fsp3) is 0.923. The molecule has 2 aliphatic carbocycles. The first-order valence-corrected chi connectivity index (χ1v) is 12.6. The van der Waals surface area contributed by atoms with Gasteiger partial charge in [-0.25, -0.2) is 0 Å². The summed E-state index contributed by atoms with van der Waals surface area (Å²) >= 11 is 0. The van der Waals surface area contributed by atoms with Gasteiger partial charge in [-0.05, 0) is 74.0 Å². The third kappa shape index (κ3) is 6.23. The van der Waals surface area contributed by atoms with Crippen LogP contribution >= 0.6 is 0 Å². The second-order valence-electron chi connectivity index (χ2n) is 10.8. The van der Waals surface area contributed by atoms with Gasteiger partial charge in [0.15, 0.2) is 0 Å². The molecule has 4 heteroatoms. The summed E-state index contributed by atoms with van der Waals surface area (Å²) in [7, 11) is 0. The SMILES string of the molecule is CCCCC1CCC(COC(=O)C2CCC(C)CC2C(=O)O)C(CCCC)C1(C)C. The molecule has 1 N–H and O–H groups in total. The molecule has 6 atom stereocenters. The highest BCUT2D eigenvalue weighted by molar-refractivity contribution is 5.81. The van der Waals surface area contributed by atoms with Gasteiger partial charge in [0, 0.05) is 0 Å². The summed E-state index contributed by atoms with van der Waals surface area (Å²) in [6.45, 7) is 11.9. The normalized spacial score (nSPS) is 33.8. The van der Waals surface area contributed by atoms with Crippen LogP contribution in [0.4, 0.5) is 0 Å². The Kier molecular flexibility index (Phi) is 9.68. The van der Waals surface area contributed by atoms with Gasteiger partial charge in [-0.15, -0.1) is 0 Å². The maximum Gasteiger partial charge on any atom is 0.309 e. The monoisotopic (exact) mass is 422 g/mol. The minimum absolute atomic E-state index is 0.267. The van der Waals surface area contributed by atoms with Crippen LogP contribution < -0.4 is 0 Å². The van der Waals surface area contributed by atoms with E-state index in [2.05, 4.69) is 34.6 Å². The number of rotatable bonds is 10. The van der Waals surface area contributed by atoms with E-state index in [-0.39, 0.29) is 11.4 Å². The van der Waals surface area contributed by atoms with Crippen LogP contribution in [0.2, 0.25) is 0 Å². The summed E-state index contributed by atoms with van der Waals surface area (Å²) in [5.41, 5.74) is 0.267. The van der Waals surface area contributed by atoms with E-state index in [1.165, 1.54) is 44.9 Å². The maximum absolute atomic E-state index is 12.9. The Morgan fingerprint density at radius 2 is 1.63 bits per heavy atom. The summed E-state index contributed by atoms with van der Waals surface area (Å²) < 4.78 is 5.85. The van der Waals surface area contributed by atoms with E-state index in [0.717, 1.165) is 18.8 Å². The number of carbonyl (C=O) groups is 2. The largest absolute Gasteiger partial charge is 0.481 e. The molecule has 0 heterocycles. The van der Waals surface area contributed by atoms with Gasteiger partial charge in [0.1, 0.15) is 0 Å². The van der Waals surface area contributed by atoms with Crippen molar-refractivity contribution in [3.63, 3.8) is 0 Å². The number of hydrogen-bond donors (Lipinski definition) is 1. The van der Waals surface area contributed by atoms with Crippen LogP contribution in [-0.2, 0) is 14.3 Å². The average molecular weight is 423 g/mol. The van der Waals surface area contributed by atoms with Crippen LogP contribution in [0.5, 0.6) is 0 Å². The van der Waals surface area contributed by atoms with Crippen LogP contribution in [-0.4, -0.2) is 23.7 Å². The first-order chi connectivity index (χ1) is 14.2. The topological polar surface area (TPSA) is 63.6 Å². The van der Waals surface area contributed by atoms with E-state index < -0.39 is 17.8 Å². The zero-order chi connectivity index (χ0) is 22.3. The van der Waals surface area contributed by atoms with E-state index in [4.69, 9.17) is 4.74 Å². The fourth-order valence-electron chi connectivity index (χ4n) is 6.33. The second kappa shape index (κ2) is 11.5. The first-order valence-electron chi connectivity index (χ1n) is 12.6. The number of carboxylic acid groups (broad SMARTS) is 1. The Bertz CT molecular complexity index is 555. The van der Waals surface area contributed by atoms with Crippen LogP contribution in [0.25, 0.3) is 0 Å². The number of carbonyl (C=O) groups excluding carboxylic acids is 1. The number of esters is 1. The summed E-state index contributed by atoms with van der Waals surface area (Å²) in [6, 6.07) is 0. The van der Waals surface area contributed by atoms with Gasteiger partial charge < -0.3 is 9.84 Å². The van der Waals surface area contributed by atoms with Gasteiger partial charge in [0.05, 0.1) is 18.4 Å². The van der Waals surface area contributed by atoms with Crippen molar-refractivity contribution < 1.29 is 19.4 Å². The zero-order valence-corrected chi connectivity index (χ0v) is 20.1. The molecular weight excluding hydrogens is 376 g/mol. The van der Waals surface area contributed by atoms with Crippen molar-refractivity contribution in [2.45, 2.75) is 105 Å². The molecule has 0 aromatic carbocycles. The Labute approximate surface area is 184 Å². The average Bonchev–Trinajstić information content (AvgIpc) is 2.70. The van der Waals surface area contributed by atoms with E-state index in [1.54, 1.807) is 0 Å². The molecular formula is C26H46O4. The predicted molar refractivity (Wildman–Crippen MR) is 121 cm³/mol. The maximum atomic E-state index is 12.9. The molecule has 0 saturated heterocycles.